The number of hydrogen-bond acceptors (Lipinski definition) is 3. The Balaban J connectivity index is 3.41. The van der Waals surface area contributed by atoms with Gasteiger partial charge in [0.1, 0.15) is 0 Å². The summed E-state index contributed by atoms with van der Waals surface area (Å²) in [5, 5.41) is 19.1. The van der Waals surface area contributed by atoms with E-state index in [2.05, 4.69) is 15.9 Å². The number of nitrogens with zero attached hydrogens (tertiary/aromatic N) is 1. The molecule has 1 aromatic carbocycles. The van der Waals surface area contributed by atoms with Crippen molar-refractivity contribution in [2.75, 3.05) is 0 Å². The van der Waals surface area contributed by atoms with E-state index in [4.69, 9.17) is 5.11 Å². The van der Waals surface area contributed by atoms with Crippen molar-refractivity contribution in [1.82, 2.24) is 0 Å². The van der Waals surface area contributed by atoms with Crippen LogP contribution in [0.3, 0.4) is 0 Å². The minimum absolute atomic E-state index is 0.0106. The van der Waals surface area contributed by atoms with Gasteiger partial charge in [0.2, 0.25) is 5.82 Å². The van der Waals surface area contributed by atoms with E-state index in [1.165, 1.54) is 12.1 Å². The van der Waals surface area contributed by atoms with Crippen molar-refractivity contribution in [1.29, 1.82) is 0 Å². The third-order valence-corrected chi connectivity index (χ3v) is 2.12. The summed E-state index contributed by atoms with van der Waals surface area (Å²) in [6.45, 7) is -0.555. The van der Waals surface area contributed by atoms with Gasteiger partial charge in [-0.15, -0.1) is 0 Å². The number of halogens is 2. The summed E-state index contributed by atoms with van der Waals surface area (Å²) in [6, 6.07) is 2.61. The predicted molar refractivity (Wildman–Crippen MR) is 46.7 cm³/mol. The molecule has 0 bridgehead atoms. The topological polar surface area (TPSA) is 63.4 Å². The van der Waals surface area contributed by atoms with Crippen molar-refractivity contribution in [3.05, 3.63) is 38.1 Å². The highest BCUT2D eigenvalue weighted by Crippen LogP contribution is 2.28. The van der Waals surface area contributed by atoms with E-state index in [0.717, 1.165) is 0 Å². The molecule has 0 unspecified atom stereocenters. The average Bonchev–Trinajstić information content (AvgIpc) is 2.08. The lowest BCUT2D eigenvalue weighted by molar-refractivity contribution is -0.388. The molecule has 0 atom stereocenters. The van der Waals surface area contributed by atoms with E-state index in [-0.39, 0.29) is 10.0 Å². The van der Waals surface area contributed by atoms with Crippen LogP contribution in [-0.4, -0.2) is 10.0 Å². The molecule has 0 saturated heterocycles. The molecule has 0 aliphatic rings. The lowest BCUT2D eigenvalue weighted by Crippen LogP contribution is -1.99. The molecule has 4 nitrogen and oxygen atoms in total. The summed E-state index contributed by atoms with van der Waals surface area (Å²) >= 11 is 2.82. The van der Waals surface area contributed by atoms with Crippen molar-refractivity contribution in [3.8, 4) is 0 Å². The highest BCUT2D eigenvalue weighted by atomic mass is 79.9. The number of benzene rings is 1. The summed E-state index contributed by atoms with van der Waals surface area (Å²) < 4.78 is 13.1. The molecular formula is C7H5BrFNO3. The fourth-order valence-electron chi connectivity index (χ4n) is 0.905. The third-order valence-electron chi connectivity index (χ3n) is 1.51. The second-order valence-electron chi connectivity index (χ2n) is 2.28. The lowest BCUT2D eigenvalue weighted by Gasteiger charge is -2.01. The minimum Gasteiger partial charge on any atom is -0.391 e. The van der Waals surface area contributed by atoms with Crippen LogP contribution in [-0.2, 0) is 6.61 Å². The first-order valence-electron chi connectivity index (χ1n) is 3.30. The van der Waals surface area contributed by atoms with Crippen molar-refractivity contribution in [2.45, 2.75) is 6.61 Å². The first-order chi connectivity index (χ1) is 6.07. The van der Waals surface area contributed by atoms with E-state index in [1.54, 1.807) is 0 Å². The maximum atomic E-state index is 13.1. The summed E-state index contributed by atoms with van der Waals surface area (Å²) in [7, 11) is 0. The van der Waals surface area contributed by atoms with Crippen LogP contribution in [0.4, 0.5) is 10.1 Å². The Labute approximate surface area is 81.3 Å². The van der Waals surface area contributed by atoms with Crippen molar-refractivity contribution < 1.29 is 14.4 Å². The first-order valence-corrected chi connectivity index (χ1v) is 4.09. The number of aliphatic hydroxyl groups is 1. The molecule has 0 fully saturated rings. The van der Waals surface area contributed by atoms with E-state index >= 15 is 0 Å². The summed E-state index contributed by atoms with van der Waals surface area (Å²) in [5.74, 6) is -0.962. The molecule has 0 heterocycles. The molecule has 0 radical (unpaired) electrons. The molecule has 6 heteroatoms. The minimum atomic E-state index is -0.962. The van der Waals surface area contributed by atoms with Gasteiger partial charge in [0.25, 0.3) is 0 Å². The molecule has 0 saturated carbocycles. The highest BCUT2D eigenvalue weighted by Gasteiger charge is 2.21. The second kappa shape index (κ2) is 3.80. The van der Waals surface area contributed by atoms with Crippen molar-refractivity contribution in [3.63, 3.8) is 0 Å². The largest absolute Gasteiger partial charge is 0.391 e. The Kier molecular flexibility index (Phi) is 2.94. The van der Waals surface area contributed by atoms with Crippen LogP contribution < -0.4 is 0 Å². The molecule has 0 amide bonds. The molecule has 0 aromatic heterocycles. The molecular weight excluding hydrogens is 245 g/mol. The van der Waals surface area contributed by atoms with Gasteiger partial charge in [0.15, 0.2) is 0 Å². The number of nitro benzene ring substituents is 1. The number of aliphatic hydroxyl groups excluding tert-OH is 1. The molecule has 0 aliphatic carbocycles. The van der Waals surface area contributed by atoms with Crippen LogP contribution in [0.5, 0.6) is 0 Å². The van der Waals surface area contributed by atoms with Crippen LogP contribution in [0.25, 0.3) is 0 Å². The van der Waals surface area contributed by atoms with Gasteiger partial charge in [-0.2, -0.15) is 4.39 Å². The monoisotopic (exact) mass is 249 g/mol. The SMILES string of the molecule is O=[N+]([O-])c1c(CO)ccc(Br)c1F. The highest BCUT2D eigenvalue weighted by molar-refractivity contribution is 9.10. The van der Waals surface area contributed by atoms with Gasteiger partial charge in [-0.05, 0) is 28.1 Å². The van der Waals surface area contributed by atoms with Gasteiger partial charge in [0.05, 0.1) is 21.6 Å². The maximum absolute atomic E-state index is 13.1. The maximum Gasteiger partial charge on any atom is 0.311 e. The zero-order valence-corrected chi connectivity index (χ0v) is 7.91. The van der Waals surface area contributed by atoms with Crippen LogP contribution >= 0.6 is 15.9 Å². The van der Waals surface area contributed by atoms with E-state index in [9.17, 15) is 14.5 Å². The number of nitro groups is 1. The summed E-state index contributed by atoms with van der Waals surface area (Å²) in [6.07, 6.45) is 0. The smallest absolute Gasteiger partial charge is 0.311 e. The quantitative estimate of drug-likeness (QED) is 0.644. The molecule has 13 heavy (non-hydrogen) atoms. The second-order valence-corrected chi connectivity index (χ2v) is 3.14. The van der Waals surface area contributed by atoms with Crippen molar-refractivity contribution in [2.24, 2.45) is 0 Å². The standard InChI is InChI=1S/C7H5BrFNO3/c8-5-2-1-4(3-11)7(6(5)9)10(12)13/h1-2,11H,3H2. The van der Waals surface area contributed by atoms with E-state index in [0.29, 0.717) is 0 Å². The van der Waals surface area contributed by atoms with E-state index in [1.807, 2.05) is 0 Å². The predicted octanol–water partition coefficient (Wildman–Crippen LogP) is 1.99. The Morgan fingerprint density at radius 2 is 2.23 bits per heavy atom. The molecule has 70 valence electrons. The summed E-state index contributed by atoms with van der Waals surface area (Å²) in [5.41, 5.74) is -0.720. The van der Waals surface area contributed by atoms with Crippen LogP contribution in [0.1, 0.15) is 5.56 Å². The van der Waals surface area contributed by atoms with Gasteiger partial charge in [0, 0.05) is 0 Å². The fraction of sp³-hybridized carbons (Fsp3) is 0.143. The van der Waals surface area contributed by atoms with Crippen LogP contribution in [0.15, 0.2) is 16.6 Å². The normalized spacial score (nSPS) is 10.1. The Hall–Kier alpha value is -1.01. The fourth-order valence-corrected chi connectivity index (χ4v) is 1.22. The van der Waals surface area contributed by atoms with Crippen LogP contribution in [0, 0.1) is 15.9 Å². The Morgan fingerprint density at radius 1 is 1.62 bits per heavy atom. The van der Waals surface area contributed by atoms with Crippen LogP contribution in [0.2, 0.25) is 0 Å². The average molecular weight is 250 g/mol. The van der Waals surface area contributed by atoms with Gasteiger partial charge < -0.3 is 5.11 Å². The molecule has 1 N–H and O–H groups in total. The Bertz CT molecular complexity index is 356. The third kappa shape index (κ3) is 1.84. The first kappa shape index (κ1) is 10.1. The number of rotatable bonds is 2. The Morgan fingerprint density at radius 3 is 2.69 bits per heavy atom. The van der Waals surface area contributed by atoms with Gasteiger partial charge >= 0.3 is 5.69 Å². The zero-order chi connectivity index (χ0) is 10.0. The van der Waals surface area contributed by atoms with Gasteiger partial charge in [-0.25, -0.2) is 0 Å². The molecule has 0 aliphatic heterocycles. The molecule has 0 spiro atoms. The molecule has 1 aromatic rings. The number of hydrogen-bond donors (Lipinski definition) is 1. The summed E-state index contributed by atoms with van der Waals surface area (Å²) in [4.78, 5) is 9.53. The lowest BCUT2D eigenvalue weighted by atomic mass is 10.2. The van der Waals surface area contributed by atoms with Gasteiger partial charge in [-0.1, -0.05) is 0 Å². The molecule has 1 rings (SSSR count). The van der Waals surface area contributed by atoms with E-state index < -0.39 is 23.0 Å². The van der Waals surface area contributed by atoms with Gasteiger partial charge in [-0.3, -0.25) is 10.1 Å². The zero-order valence-electron chi connectivity index (χ0n) is 6.33. The van der Waals surface area contributed by atoms with Crippen molar-refractivity contribution >= 4 is 21.6 Å².